The van der Waals surface area contributed by atoms with Gasteiger partial charge in [0.2, 0.25) is 11.9 Å². The highest BCUT2D eigenvalue weighted by Crippen LogP contribution is 2.41. The Morgan fingerprint density at radius 3 is 2.50 bits per heavy atom. The molecule has 1 saturated heterocycles. The van der Waals surface area contributed by atoms with Gasteiger partial charge >= 0.3 is 0 Å². The van der Waals surface area contributed by atoms with Crippen LogP contribution < -0.4 is 5.32 Å². The Bertz CT molecular complexity index is 768. The number of carbonyl (C=O) groups is 1. The van der Waals surface area contributed by atoms with Gasteiger partial charge < -0.3 is 4.90 Å². The molecular formula is C22H29N5O. The van der Waals surface area contributed by atoms with Crippen molar-refractivity contribution in [2.75, 3.05) is 26.2 Å². The number of carbonyl (C=O) groups excluding carboxylic acids is 1. The fraction of sp³-hybridized carbons (Fsp3) is 0.591. The number of hydrogen-bond donors (Lipinski definition) is 1. The lowest BCUT2D eigenvalue weighted by Crippen LogP contribution is -2.60. The van der Waals surface area contributed by atoms with Gasteiger partial charge in [-0.2, -0.15) is 5.26 Å². The van der Waals surface area contributed by atoms with Crippen molar-refractivity contribution in [1.82, 2.24) is 15.1 Å². The molecular weight excluding hydrogens is 350 g/mol. The number of hydrogen-bond acceptors (Lipinski definition) is 5. The van der Waals surface area contributed by atoms with E-state index in [1.54, 1.807) is 0 Å². The Kier molecular flexibility index (Phi) is 5.36. The van der Waals surface area contributed by atoms with Gasteiger partial charge in [0.15, 0.2) is 5.92 Å². The molecule has 1 aromatic carbocycles. The van der Waals surface area contributed by atoms with Crippen LogP contribution in [-0.4, -0.2) is 53.4 Å². The topological polar surface area (TPSA) is 71.7 Å². The monoisotopic (exact) mass is 379 g/mol. The minimum absolute atomic E-state index is 0.172. The van der Waals surface area contributed by atoms with Crippen LogP contribution in [0.1, 0.15) is 38.2 Å². The van der Waals surface area contributed by atoms with E-state index in [0.717, 1.165) is 58.4 Å². The molecule has 3 aliphatic rings. The molecule has 2 heterocycles. The second-order valence-electron chi connectivity index (χ2n) is 8.52. The molecule has 4 rings (SSSR count). The number of guanidine groups is 1. The quantitative estimate of drug-likeness (QED) is 0.856. The lowest BCUT2D eigenvalue weighted by atomic mass is 9.70. The van der Waals surface area contributed by atoms with Gasteiger partial charge in [0.25, 0.3) is 0 Å². The van der Waals surface area contributed by atoms with Crippen LogP contribution >= 0.6 is 0 Å². The highest BCUT2D eigenvalue weighted by atomic mass is 16.2. The van der Waals surface area contributed by atoms with E-state index in [0.29, 0.717) is 11.9 Å². The molecule has 1 saturated carbocycles. The standard InChI is InChI=1S/C22H29N5O/c1-17-7-9-22(10-8-17)19(15-23)20(28)24-21(25-22)27-13-11-26(12-14-27)16-18-5-3-2-4-6-18/h2-6,17,19H,7-14,16H2,1H3,(H,24,25,28). The van der Waals surface area contributed by atoms with Crippen molar-refractivity contribution in [2.24, 2.45) is 16.8 Å². The summed E-state index contributed by atoms with van der Waals surface area (Å²) >= 11 is 0. The number of piperazine rings is 1. The number of nitrogens with one attached hydrogen (secondary N) is 1. The van der Waals surface area contributed by atoms with E-state index in [4.69, 9.17) is 4.99 Å². The summed E-state index contributed by atoms with van der Waals surface area (Å²) in [5.74, 6) is 0.498. The van der Waals surface area contributed by atoms with Gasteiger partial charge in [0.05, 0.1) is 11.6 Å². The van der Waals surface area contributed by atoms with Gasteiger partial charge in [-0.3, -0.25) is 15.0 Å². The zero-order valence-electron chi connectivity index (χ0n) is 16.6. The molecule has 2 aliphatic heterocycles. The lowest BCUT2D eigenvalue weighted by Gasteiger charge is -2.44. The second kappa shape index (κ2) is 7.92. The third-order valence-electron chi connectivity index (χ3n) is 6.55. The maximum atomic E-state index is 12.7. The van der Waals surface area contributed by atoms with E-state index in [2.05, 4.69) is 52.4 Å². The molecule has 1 N–H and O–H groups in total. The third-order valence-corrected chi connectivity index (χ3v) is 6.55. The maximum absolute atomic E-state index is 12.7. The largest absolute Gasteiger partial charge is 0.340 e. The molecule has 1 atom stereocenters. The Morgan fingerprint density at radius 1 is 1.18 bits per heavy atom. The van der Waals surface area contributed by atoms with Crippen LogP contribution in [-0.2, 0) is 11.3 Å². The highest BCUT2D eigenvalue weighted by molar-refractivity contribution is 6.02. The molecule has 6 heteroatoms. The van der Waals surface area contributed by atoms with Gasteiger partial charge in [-0.05, 0) is 37.2 Å². The van der Waals surface area contributed by atoms with Crippen LogP contribution in [0.2, 0.25) is 0 Å². The summed E-state index contributed by atoms with van der Waals surface area (Å²) in [6.07, 6.45) is 3.73. The molecule has 1 amide bonds. The first-order valence-electron chi connectivity index (χ1n) is 10.4. The first kappa shape index (κ1) is 18.9. The third kappa shape index (κ3) is 3.77. The zero-order chi connectivity index (χ0) is 19.6. The minimum atomic E-state index is -0.664. The molecule has 6 nitrogen and oxygen atoms in total. The van der Waals surface area contributed by atoms with Crippen LogP contribution in [0.15, 0.2) is 35.3 Å². The van der Waals surface area contributed by atoms with E-state index >= 15 is 0 Å². The number of benzene rings is 1. The van der Waals surface area contributed by atoms with Crippen LogP contribution in [0.3, 0.4) is 0 Å². The van der Waals surface area contributed by atoms with Gasteiger partial charge in [-0.25, -0.2) is 4.99 Å². The molecule has 2 fully saturated rings. The number of nitriles is 1. The average molecular weight is 380 g/mol. The van der Waals surface area contributed by atoms with Crippen LogP contribution in [0.4, 0.5) is 0 Å². The van der Waals surface area contributed by atoms with Crippen molar-refractivity contribution in [3.63, 3.8) is 0 Å². The predicted molar refractivity (Wildman–Crippen MR) is 108 cm³/mol. The first-order chi connectivity index (χ1) is 13.6. The maximum Gasteiger partial charge on any atom is 0.246 e. The van der Waals surface area contributed by atoms with Crippen LogP contribution in [0.25, 0.3) is 0 Å². The normalized spacial score (nSPS) is 31.2. The predicted octanol–water partition coefficient (Wildman–Crippen LogP) is 2.38. The zero-order valence-corrected chi connectivity index (χ0v) is 16.6. The molecule has 1 unspecified atom stereocenters. The van der Waals surface area contributed by atoms with E-state index < -0.39 is 11.5 Å². The van der Waals surface area contributed by atoms with Crippen molar-refractivity contribution < 1.29 is 4.79 Å². The number of nitrogens with zero attached hydrogens (tertiary/aromatic N) is 4. The summed E-state index contributed by atoms with van der Waals surface area (Å²) < 4.78 is 0. The second-order valence-corrected chi connectivity index (χ2v) is 8.52. The summed E-state index contributed by atoms with van der Waals surface area (Å²) in [5, 5.41) is 12.5. The number of rotatable bonds is 2. The molecule has 0 aromatic heterocycles. The Morgan fingerprint density at radius 2 is 1.86 bits per heavy atom. The Hall–Kier alpha value is -2.39. The van der Waals surface area contributed by atoms with Crippen molar-refractivity contribution in [3.05, 3.63) is 35.9 Å². The lowest BCUT2D eigenvalue weighted by molar-refractivity contribution is -0.125. The van der Waals surface area contributed by atoms with Gasteiger partial charge in [0.1, 0.15) is 0 Å². The van der Waals surface area contributed by atoms with E-state index in [1.807, 2.05) is 6.07 Å². The molecule has 1 aliphatic carbocycles. The summed E-state index contributed by atoms with van der Waals surface area (Å²) in [4.78, 5) is 22.3. The van der Waals surface area contributed by atoms with Crippen molar-refractivity contribution in [1.29, 1.82) is 5.26 Å². The molecule has 0 radical (unpaired) electrons. The molecule has 1 spiro atoms. The first-order valence-corrected chi connectivity index (χ1v) is 10.4. The average Bonchev–Trinajstić information content (AvgIpc) is 2.71. The van der Waals surface area contributed by atoms with E-state index in [9.17, 15) is 10.1 Å². The molecule has 148 valence electrons. The summed E-state index contributed by atoms with van der Waals surface area (Å²) in [7, 11) is 0. The number of amides is 1. The van der Waals surface area contributed by atoms with E-state index in [1.165, 1.54) is 5.56 Å². The van der Waals surface area contributed by atoms with Crippen LogP contribution in [0, 0.1) is 23.2 Å². The highest BCUT2D eigenvalue weighted by Gasteiger charge is 2.49. The Balaban J connectivity index is 1.45. The number of aliphatic imine (C=N–C) groups is 1. The fourth-order valence-corrected chi connectivity index (χ4v) is 4.68. The minimum Gasteiger partial charge on any atom is -0.340 e. The van der Waals surface area contributed by atoms with Crippen molar-refractivity contribution in [3.8, 4) is 6.07 Å². The fourth-order valence-electron chi connectivity index (χ4n) is 4.68. The van der Waals surface area contributed by atoms with Crippen molar-refractivity contribution >= 4 is 11.9 Å². The molecule has 0 bridgehead atoms. The van der Waals surface area contributed by atoms with Gasteiger partial charge in [0, 0.05) is 32.7 Å². The van der Waals surface area contributed by atoms with Gasteiger partial charge in [-0.1, -0.05) is 37.3 Å². The smallest absolute Gasteiger partial charge is 0.246 e. The Labute approximate surface area is 167 Å². The van der Waals surface area contributed by atoms with Crippen molar-refractivity contribution in [2.45, 2.75) is 44.7 Å². The summed E-state index contributed by atoms with van der Waals surface area (Å²) in [6, 6.07) is 12.8. The SMILES string of the molecule is CC1CCC2(CC1)N=C(N1CCN(Cc3ccccc3)CC1)NC(=O)C2C#N. The molecule has 28 heavy (non-hydrogen) atoms. The molecule has 1 aromatic rings. The van der Waals surface area contributed by atoms with E-state index in [-0.39, 0.29) is 5.91 Å². The van der Waals surface area contributed by atoms with Gasteiger partial charge in [-0.15, -0.1) is 0 Å². The summed E-state index contributed by atoms with van der Waals surface area (Å²) in [6.45, 7) is 6.76. The summed E-state index contributed by atoms with van der Waals surface area (Å²) in [5.41, 5.74) is 0.798. The van der Waals surface area contributed by atoms with Crippen LogP contribution in [0.5, 0.6) is 0 Å².